The van der Waals surface area contributed by atoms with Crippen molar-refractivity contribution in [3.8, 4) is 11.5 Å². The molecule has 2 aliphatic carbocycles. The summed E-state index contributed by atoms with van der Waals surface area (Å²) in [5.74, 6) is 2.96. The van der Waals surface area contributed by atoms with E-state index in [1.165, 1.54) is 48.6 Å². The lowest BCUT2D eigenvalue weighted by atomic mass is 9.80. The summed E-state index contributed by atoms with van der Waals surface area (Å²) in [6, 6.07) is 15.1. The number of Topliss-reactive ketones (excluding diaryl/α,β-unsaturated/α-hetero) is 1. The van der Waals surface area contributed by atoms with Crippen LogP contribution in [-0.4, -0.2) is 30.6 Å². The summed E-state index contributed by atoms with van der Waals surface area (Å²) >= 11 is 0. The van der Waals surface area contributed by atoms with Gasteiger partial charge in [-0.3, -0.25) is 4.79 Å². The molecule has 1 heterocycles. The van der Waals surface area contributed by atoms with E-state index in [4.69, 9.17) is 15.2 Å². The summed E-state index contributed by atoms with van der Waals surface area (Å²) in [5, 5.41) is 1.24. The monoisotopic (exact) mass is 552 g/mol. The quantitative estimate of drug-likeness (QED) is 0.280. The van der Waals surface area contributed by atoms with Crippen LogP contribution in [0.3, 0.4) is 0 Å². The van der Waals surface area contributed by atoms with E-state index in [-0.39, 0.29) is 18.3 Å². The van der Waals surface area contributed by atoms with E-state index in [0.29, 0.717) is 30.6 Å². The van der Waals surface area contributed by atoms with Crippen LogP contribution in [0.2, 0.25) is 0 Å². The lowest BCUT2D eigenvalue weighted by Crippen LogP contribution is -2.27. The molecule has 1 atom stereocenters. The molecular weight excluding hydrogens is 508 g/mol. The summed E-state index contributed by atoms with van der Waals surface area (Å²) in [5.41, 5.74) is 9.69. The van der Waals surface area contributed by atoms with Crippen molar-refractivity contribution in [2.45, 2.75) is 89.1 Å². The Morgan fingerprint density at radius 3 is 2.26 bits per heavy atom. The van der Waals surface area contributed by atoms with Crippen molar-refractivity contribution in [2.24, 2.45) is 17.6 Å². The van der Waals surface area contributed by atoms with E-state index < -0.39 is 0 Å². The maximum Gasteiger partial charge on any atom is 0.134 e. The third-order valence-corrected chi connectivity index (χ3v) is 8.99. The van der Waals surface area contributed by atoms with Crippen LogP contribution >= 0.6 is 12.4 Å². The smallest absolute Gasteiger partial charge is 0.134 e. The Hall–Kier alpha value is -2.50. The van der Waals surface area contributed by atoms with Gasteiger partial charge in [0.15, 0.2) is 0 Å². The Labute approximate surface area is 239 Å². The molecule has 0 amide bonds. The second-order valence-electron chi connectivity index (χ2n) is 11.7. The molecule has 39 heavy (non-hydrogen) atoms. The van der Waals surface area contributed by atoms with Gasteiger partial charge in [0.2, 0.25) is 0 Å². The number of rotatable bonds is 10. The Balaban J connectivity index is 0.00000353. The highest BCUT2D eigenvalue weighted by molar-refractivity contribution is 5.87. The number of methoxy groups -OCH3 is 2. The van der Waals surface area contributed by atoms with E-state index >= 15 is 0 Å². The van der Waals surface area contributed by atoms with Crippen molar-refractivity contribution in [1.82, 2.24) is 4.57 Å². The van der Waals surface area contributed by atoms with Gasteiger partial charge in [0.25, 0.3) is 0 Å². The van der Waals surface area contributed by atoms with Crippen LogP contribution in [0.1, 0.15) is 87.7 Å². The third-order valence-electron chi connectivity index (χ3n) is 8.99. The molecule has 1 aromatic heterocycles. The average Bonchev–Trinajstić information content (AvgIpc) is 3.31. The first-order chi connectivity index (χ1) is 18.5. The molecule has 3 aromatic rings. The minimum Gasteiger partial charge on any atom is -0.497 e. The van der Waals surface area contributed by atoms with E-state index in [1.54, 1.807) is 14.2 Å². The molecule has 2 aliphatic rings. The molecule has 0 bridgehead atoms. The molecule has 6 heteroatoms. The highest BCUT2D eigenvalue weighted by Gasteiger charge is 2.27. The molecule has 2 N–H and O–H groups in total. The first-order valence-electron chi connectivity index (χ1n) is 14.6. The fourth-order valence-corrected chi connectivity index (χ4v) is 6.82. The van der Waals surface area contributed by atoms with Crippen molar-refractivity contribution in [3.63, 3.8) is 0 Å². The SMILES string of the molecule is COc1cc(OC)cc(C(CC(=O)CC2CCC(N)CC2)c2cn(CC3CCCCC3)c3ccccc23)c1.Cl. The Kier molecular flexibility index (Phi) is 10.4. The van der Waals surface area contributed by atoms with Crippen LogP contribution in [0.5, 0.6) is 11.5 Å². The molecule has 5 nitrogen and oxygen atoms in total. The molecule has 212 valence electrons. The number of ether oxygens (including phenoxy) is 2. The molecule has 0 aliphatic heterocycles. The standard InChI is InChI=1S/C33H44N2O3.ClH/c1-37-28-17-25(18-29(20-28)38-2)31(19-27(36)16-23-12-14-26(34)15-13-23)32-22-35(21-24-8-4-3-5-9-24)33-11-7-6-10-30(32)33;/h6-7,10-11,17-18,20,22-24,26,31H,3-5,8-9,12-16,19,21,34H2,1-2H3;1H. The van der Waals surface area contributed by atoms with Gasteiger partial charge in [-0.1, -0.05) is 37.5 Å². The molecule has 2 saturated carbocycles. The van der Waals surface area contributed by atoms with E-state index in [1.807, 2.05) is 6.07 Å². The second-order valence-corrected chi connectivity index (χ2v) is 11.7. The normalized spacial score (nSPS) is 20.8. The highest BCUT2D eigenvalue weighted by Crippen LogP contribution is 2.40. The van der Waals surface area contributed by atoms with Crippen LogP contribution in [0.25, 0.3) is 10.9 Å². The zero-order valence-electron chi connectivity index (χ0n) is 23.6. The van der Waals surface area contributed by atoms with Crippen molar-refractivity contribution in [3.05, 3.63) is 59.8 Å². The molecular formula is C33H45ClN2O3. The number of ketones is 1. The van der Waals surface area contributed by atoms with Gasteiger partial charge < -0.3 is 19.8 Å². The number of nitrogens with two attached hydrogens (primary N) is 1. The van der Waals surface area contributed by atoms with Crippen molar-refractivity contribution in [1.29, 1.82) is 0 Å². The minimum atomic E-state index is -0.0603. The summed E-state index contributed by atoms with van der Waals surface area (Å²) in [4.78, 5) is 13.6. The first-order valence-corrected chi connectivity index (χ1v) is 14.6. The summed E-state index contributed by atoms with van der Waals surface area (Å²) < 4.78 is 13.7. The Bertz CT molecular complexity index is 1200. The third kappa shape index (κ3) is 7.18. The van der Waals surface area contributed by atoms with Gasteiger partial charge in [-0.15, -0.1) is 12.4 Å². The van der Waals surface area contributed by atoms with Crippen LogP contribution in [0, 0.1) is 11.8 Å². The second kappa shape index (κ2) is 13.7. The van der Waals surface area contributed by atoms with E-state index in [0.717, 1.165) is 55.2 Å². The Morgan fingerprint density at radius 1 is 0.923 bits per heavy atom. The molecule has 0 saturated heterocycles. The van der Waals surface area contributed by atoms with Crippen molar-refractivity contribution >= 4 is 29.1 Å². The van der Waals surface area contributed by atoms with E-state index in [2.05, 4.69) is 47.2 Å². The summed E-state index contributed by atoms with van der Waals surface area (Å²) in [6.45, 7) is 1.05. The Morgan fingerprint density at radius 2 is 1.59 bits per heavy atom. The average molecular weight is 553 g/mol. The van der Waals surface area contributed by atoms with Crippen molar-refractivity contribution < 1.29 is 14.3 Å². The van der Waals surface area contributed by atoms with Gasteiger partial charge in [0.1, 0.15) is 17.3 Å². The molecule has 1 unspecified atom stereocenters. The van der Waals surface area contributed by atoms with Gasteiger partial charge in [-0.05, 0) is 79.7 Å². The highest BCUT2D eigenvalue weighted by atomic mass is 35.5. The van der Waals surface area contributed by atoms with Crippen LogP contribution in [0.4, 0.5) is 0 Å². The number of fused-ring (bicyclic) bond motifs is 1. The number of para-hydroxylation sites is 1. The number of aromatic nitrogens is 1. The van der Waals surface area contributed by atoms with Crippen molar-refractivity contribution in [2.75, 3.05) is 14.2 Å². The number of hydrogen-bond acceptors (Lipinski definition) is 4. The van der Waals surface area contributed by atoms with Gasteiger partial charge >= 0.3 is 0 Å². The fourth-order valence-electron chi connectivity index (χ4n) is 6.82. The largest absolute Gasteiger partial charge is 0.497 e. The van der Waals surface area contributed by atoms with Crippen LogP contribution in [0.15, 0.2) is 48.7 Å². The van der Waals surface area contributed by atoms with Gasteiger partial charge in [0, 0.05) is 54.5 Å². The lowest BCUT2D eigenvalue weighted by Gasteiger charge is -2.26. The number of halogens is 1. The molecule has 0 spiro atoms. The maximum atomic E-state index is 13.6. The zero-order valence-corrected chi connectivity index (χ0v) is 24.4. The van der Waals surface area contributed by atoms with Gasteiger partial charge in [-0.25, -0.2) is 0 Å². The van der Waals surface area contributed by atoms with Gasteiger partial charge in [0.05, 0.1) is 14.2 Å². The first kappa shape index (κ1) is 29.5. The molecule has 2 fully saturated rings. The zero-order chi connectivity index (χ0) is 26.5. The summed E-state index contributed by atoms with van der Waals surface area (Å²) in [6.07, 6.45) is 14.3. The predicted octanol–water partition coefficient (Wildman–Crippen LogP) is 7.66. The number of nitrogens with zero attached hydrogens (tertiary/aromatic N) is 1. The van der Waals surface area contributed by atoms with Crippen LogP contribution < -0.4 is 15.2 Å². The number of hydrogen-bond donors (Lipinski definition) is 1. The van der Waals surface area contributed by atoms with Gasteiger partial charge in [-0.2, -0.15) is 0 Å². The molecule has 2 aromatic carbocycles. The number of carbonyl (C=O) groups excluding carboxylic acids is 1. The van der Waals surface area contributed by atoms with E-state index in [9.17, 15) is 4.79 Å². The van der Waals surface area contributed by atoms with Crippen LogP contribution in [-0.2, 0) is 11.3 Å². The predicted molar refractivity (Wildman–Crippen MR) is 161 cm³/mol. The summed E-state index contributed by atoms with van der Waals surface area (Å²) in [7, 11) is 3.37. The maximum absolute atomic E-state index is 13.6. The molecule has 5 rings (SSSR count). The molecule has 0 radical (unpaired) electrons. The fraction of sp³-hybridized carbons (Fsp3) is 0.545. The topological polar surface area (TPSA) is 66.5 Å². The minimum absolute atomic E-state index is 0. The number of benzene rings is 2. The lowest BCUT2D eigenvalue weighted by molar-refractivity contribution is -0.120. The number of carbonyl (C=O) groups is 1.